The van der Waals surface area contributed by atoms with Crippen LogP contribution in [0, 0.1) is 0 Å². The maximum Gasteiger partial charge on any atom is 0.0555 e. The van der Waals surface area contributed by atoms with Gasteiger partial charge < -0.3 is 9.13 Å². The molecule has 0 bridgehead atoms. The minimum atomic E-state index is 1.22. The van der Waals surface area contributed by atoms with Crippen LogP contribution in [0.3, 0.4) is 0 Å². The van der Waals surface area contributed by atoms with Crippen LogP contribution in [0.15, 0.2) is 206 Å². The first-order valence-electron chi connectivity index (χ1n) is 22.1. The van der Waals surface area contributed by atoms with Crippen molar-refractivity contribution in [3.8, 4) is 33.6 Å². The molecular weight excluding hydrogens is 845 g/mol. The third-order valence-corrected chi connectivity index (χ3v) is 17.1. The van der Waals surface area contributed by atoms with Gasteiger partial charge in [-0.1, -0.05) is 109 Å². The number of thiophene rings is 3. The van der Waals surface area contributed by atoms with Gasteiger partial charge in [-0.15, -0.1) is 34.0 Å². The first kappa shape index (κ1) is 35.9. The molecule has 302 valence electrons. The first-order valence-corrected chi connectivity index (χ1v) is 24.5. The molecule has 0 atom stereocenters. The summed E-state index contributed by atoms with van der Waals surface area (Å²) in [4.78, 5) is 0. The second kappa shape index (κ2) is 13.5. The zero-order chi connectivity index (χ0) is 42.3. The smallest absolute Gasteiger partial charge is 0.0555 e. The molecule has 10 aromatic carbocycles. The van der Waals surface area contributed by atoms with Crippen LogP contribution >= 0.6 is 34.0 Å². The molecule has 0 saturated heterocycles. The minimum Gasteiger partial charge on any atom is -0.309 e. The van der Waals surface area contributed by atoms with Gasteiger partial charge in [-0.05, 0) is 119 Å². The van der Waals surface area contributed by atoms with E-state index in [9.17, 15) is 0 Å². The van der Waals surface area contributed by atoms with Crippen LogP contribution < -0.4 is 0 Å². The number of hydrogen-bond acceptors (Lipinski definition) is 3. The summed E-state index contributed by atoms with van der Waals surface area (Å²) in [6.45, 7) is 0. The minimum absolute atomic E-state index is 1.22. The number of rotatable bonds is 4. The molecular formula is C60H34N2S3. The van der Waals surface area contributed by atoms with Gasteiger partial charge in [-0.2, -0.15) is 0 Å². The van der Waals surface area contributed by atoms with Crippen molar-refractivity contribution in [3.63, 3.8) is 0 Å². The predicted molar refractivity (Wildman–Crippen MR) is 285 cm³/mol. The molecule has 0 saturated carbocycles. The van der Waals surface area contributed by atoms with Crippen molar-refractivity contribution < 1.29 is 0 Å². The molecule has 0 N–H and O–H groups in total. The normalized spacial score (nSPS) is 12.3. The van der Waals surface area contributed by atoms with Gasteiger partial charge in [-0.3, -0.25) is 0 Å². The van der Waals surface area contributed by atoms with Crippen molar-refractivity contribution in [3.05, 3.63) is 206 Å². The van der Waals surface area contributed by atoms with Crippen molar-refractivity contribution in [2.24, 2.45) is 0 Å². The maximum atomic E-state index is 2.48. The quantitative estimate of drug-likeness (QED) is 0.167. The Morgan fingerprint density at radius 2 is 0.569 bits per heavy atom. The van der Waals surface area contributed by atoms with E-state index in [0.29, 0.717) is 0 Å². The van der Waals surface area contributed by atoms with E-state index in [1.807, 2.05) is 34.0 Å². The summed E-state index contributed by atoms with van der Waals surface area (Å²) in [5.74, 6) is 0. The van der Waals surface area contributed by atoms with Gasteiger partial charge in [0, 0.05) is 82.1 Å². The van der Waals surface area contributed by atoms with Crippen molar-refractivity contribution in [1.82, 2.24) is 9.13 Å². The molecule has 5 heterocycles. The zero-order valence-electron chi connectivity index (χ0n) is 34.7. The van der Waals surface area contributed by atoms with Crippen LogP contribution in [0.25, 0.3) is 138 Å². The number of fused-ring (bicyclic) bond motifs is 15. The van der Waals surface area contributed by atoms with E-state index in [2.05, 4.69) is 215 Å². The molecule has 0 radical (unpaired) electrons. The average Bonchev–Trinajstić information content (AvgIpc) is 4.18. The van der Waals surface area contributed by atoms with E-state index in [0.717, 1.165) is 0 Å². The summed E-state index contributed by atoms with van der Waals surface area (Å²) < 4.78 is 12.9. The van der Waals surface area contributed by atoms with E-state index in [-0.39, 0.29) is 0 Å². The second-order valence-corrected chi connectivity index (χ2v) is 20.4. The highest BCUT2D eigenvalue weighted by Gasteiger charge is 2.20. The molecule has 65 heavy (non-hydrogen) atoms. The van der Waals surface area contributed by atoms with E-state index >= 15 is 0 Å². The lowest BCUT2D eigenvalue weighted by Crippen LogP contribution is -1.94. The number of hydrogen-bond donors (Lipinski definition) is 0. The predicted octanol–water partition coefficient (Wildman–Crippen LogP) is 18.3. The van der Waals surface area contributed by atoms with Gasteiger partial charge in [0.15, 0.2) is 0 Å². The van der Waals surface area contributed by atoms with E-state index in [4.69, 9.17) is 0 Å². The summed E-state index contributed by atoms with van der Waals surface area (Å²) >= 11 is 5.63. The molecule has 0 fully saturated rings. The molecule has 2 nitrogen and oxygen atoms in total. The summed E-state index contributed by atoms with van der Waals surface area (Å²) in [7, 11) is 0. The highest BCUT2D eigenvalue weighted by Crippen LogP contribution is 2.45. The Balaban J connectivity index is 0.862. The van der Waals surface area contributed by atoms with Crippen LogP contribution in [0.4, 0.5) is 0 Å². The fourth-order valence-corrected chi connectivity index (χ4v) is 14.2. The molecule has 0 amide bonds. The van der Waals surface area contributed by atoms with E-state index < -0.39 is 0 Å². The SMILES string of the molecule is c1ccc2c(c1)sc1cccc(-n3c4ccccc4c4cc(-c5ccc6sc7ccc(-c8ccc9c(c8)c8ccccc8n9-c8cccc9sc%10ccccc%10c89)cc7c6c5)ccc43)c12. The maximum absolute atomic E-state index is 2.48. The lowest BCUT2D eigenvalue weighted by molar-refractivity contribution is 1.20. The highest BCUT2D eigenvalue weighted by atomic mass is 32.1. The fraction of sp³-hybridized carbons (Fsp3) is 0. The summed E-state index contributed by atoms with van der Waals surface area (Å²) in [5, 5.41) is 12.9. The molecule has 0 aliphatic carbocycles. The van der Waals surface area contributed by atoms with Crippen molar-refractivity contribution in [1.29, 1.82) is 0 Å². The van der Waals surface area contributed by atoms with Gasteiger partial charge >= 0.3 is 0 Å². The second-order valence-electron chi connectivity index (χ2n) is 17.2. The Hall–Kier alpha value is -7.54. The lowest BCUT2D eigenvalue weighted by atomic mass is 9.98. The number of para-hydroxylation sites is 2. The van der Waals surface area contributed by atoms with Crippen molar-refractivity contribution in [2.45, 2.75) is 0 Å². The van der Waals surface area contributed by atoms with Crippen LogP contribution in [-0.4, -0.2) is 9.13 Å². The Kier molecular flexibility index (Phi) is 7.44. The fourth-order valence-electron chi connectivity index (χ4n) is 10.8. The monoisotopic (exact) mass is 878 g/mol. The molecule has 0 aliphatic heterocycles. The Bertz CT molecular complexity index is 4210. The summed E-state index contributed by atoms with van der Waals surface area (Å²) in [6.07, 6.45) is 0. The molecule has 15 rings (SSSR count). The molecule has 15 aromatic rings. The zero-order valence-corrected chi connectivity index (χ0v) is 37.2. The highest BCUT2D eigenvalue weighted by molar-refractivity contribution is 7.26. The lowest BCUT2D eigenvalue weighted by Gasteiger charge is -2.11. The average molecular weight is 879 g/mol. The molecule has 5 heteroatoms. The van der Waals surface area contributed by atoms with Gasteiger partial charge in [-0.25, -0.2) is 0 Å². The molecule has 5 aromatic heterocycles. The van der Waals surface area contributed by atoms with Crippen molar-refractivity contribution in [2.75, 3.05) is 0 Å². The van der Waals surface area contributed by atoms with Gasteiger partial charge in [0.25, 0.3) is 0 Å². The Morgan fingerprint density at radius 3 is 1.05 bits per heavy atom. The van der Waals surface area contributed by atoms with Gasteiger partial charge in [0.05, 0.1) is 33.4 Å². The van der Waals surface area contributed by atoms with Gasteiger partial charge in [0.2, 0.25) is 0 Å². The van der Waals surface area contributed by atoms with Crippen LogP contribution in [0.1, 0.15) is 0 Å². The molecule has 0 aliphatic rings. The molecule has 0 spiro atoms. The first-order chi connectivity index (χ1) is 32.2. The molecule has 0 unspecified atom stereocenters. The third kappa shape index (κ3) is 5.14. The largest absolute Gasteiger partial charge is 0.309 e. The van der Waals surface area contributed by atoms with Gasteiger partial charge in [0.1, 0.15) is 0 Å². The van der Waals surface area contributed by atoms with Crippen LogP contribution in [0.2, 0.25) is 0 Å². The Labute approximate surface area is 384 Å². The number of benzene rings is 10. The summed E-state index contributed by atoms with van der Waals surface area (Å²) in [6, 6.07) is 77.1. The Morgan fingerprint density at radius 1 is 0.231 bits per heavy atom. The van der Waals surface area contributed by atoms with Crippen molar-refractivity contribution >= 4 is 138 Å². The van der Waals surface area contributed by atoms with Crippen LogP contribution in [0.5, 0.6) is 0 Å². The topological polar surface area (TPSA) is 9.86 Å². The summed E-state index contributed by atoms with van der Waals surface area (Å²) in [5.41, 5.74) is 12.3. The van der Waals surface area contributed by atoms with E-state index in [1.165, 1.54) is 138 Å². The number of nitrogens with zero attached hydrogens (tertiary/aromatic N) is 2. The number of aromatic nitrogens is 2. The van der Waals surface area contributed by atoms with E-state index in [1.54, 1.807) is 0 Å². The standard InChI is InChI=1S/C60H34N2S3/c1-5-15-47-39(11-1)43-31-35(23-27-49(43)61(47)51-17-9-21-57-59(51)41-13-3-7-19-53(41)64-57)37-25-29-55-45(33-37)46-34-38(26-30-56(46)63-55)36-24-28-50-44(32-36)40-12-2-6-16-48(40)62(50)52-18-10-22-58-60(52)42-14-4-8-20-54(42)65-58/h1-34H. The van der Waals surface area contributed by atoms with Crippen LogP contribution in [-0.2, 0) is 0 Å². The third-order valence-electron chi connectivity index (χ3n) is 13.7.